The first kappa shape index (κ1) is 31.4. The van der Waals surface area contributed by atoms with E-state index in [2.05, 4.69) is 64.3 Å². The maximum atomic E-state index is 13.2. The van der Waals surface area contributed by atoms with Gasteiger partial charge in [0.1, 0.15) is 11.5 Å². The highest BCUT2D eigenvalue weighted by Crippen LogP contribution is 2.38. The van der Waals surface area contributed by atoms with Crippen molar-refractivity contribution < 1.29 is 23.9 Å². The van der Waals surface area contributed by atoms with Crippen LogP contribution < -0.4 is 20.1 Å². The highest BCUT2D eigenvalue weighted by atomic mass is 16.5. The van der Waals surface area contributed by atoms with E-state index in [0.29, 0.717) is 34.0 Å². The van der Waals surface area contributed by atoms with Crippen LogP contribution in [0.5, 0.6) is 11.5 Å². The molecule has 0 saturated heterocycles. The van der Waals surface area contributed by atoms with Crippen molar-refractivity contribution in [3.05, 3.63) is 82.9 Å². The van der Waals surface area contributed by atoms with Crippen molar-refractivity contribution in [1.82, 2.24) is 0 Å². The lowest BCUT2D eigenvalue weighted by Crippen LogP contribution is -2.24. The average Bonchev–Trinajstić information content (AvgIpc) is 2.95. The first-order valence-electron chi connectivity index (χ1n) is 14.0. The number of hydrogen-bond donors (Lipinski definition) is 2. The van der Waals surface area contributed by atoms with Crippen molar-refractivity contribution in [2.75, 3.05) is 24.4 Å². The van der Waals surface area contributed by atoms with Crippen LogP contribution in [-0.4, -0.2) is 31.3 Å². The molecule has 3 rings (SSSR count). The Morgan fingerprint density at radius 1 is 0.805 bits per heavy atom. The molecule has 0 heterocycles. The van der Waals surface area contributed by atoms with E-state index in [1.807, 2.05) is 6.07 Å². The fourth-order valence-corrected chi connectivity index (χ4v) is 4.35. The first-order valence-corrected chi connectivity index (χ1v) is 14.0. The van der Waals surface area contributed by atoms with Crippen molar-refractivity contribution in [3.8, 4) is 11.5 Å². The summed E-state index contributed by atoms with van der Waals surface area (Å²) in [7, 11) is 1.55. The van der Waals surface area contributed by atoms with Crippen LogP contribution in [-0.2, 0) is 20.4 Å². The maximum Gasteiger partial charge on any atom is 0.262 e. The van der Waals surface area contributed by atoms with E-state index in [1.165, 1.54) is 12.5 Å². The minimum absolute atomic E-state index is 0.0288. The Kier molecular flexibility index (Phi) is 9.97. The molecule has 0 aliphatic heterocycles. The first-order chi connectivity index (χ1) is 19.3. The van der Waals surface area contributed by atoms with Gasteiger partial charge in [-0.05, 0) is 77.8 Å². The van der Waals surface area contributed by atoms with Crippen LogP contribution in [0.1, 0.15) is 88.4 Å². The number of ether oxygens (including phenoxy) is 2. The number of methoxy groups -OCH3 is 1. The molecule has 0 unspecified atom stereocenters. The van der Waals surface area contributed by atoms with Crippen molar-refractivity contribution >= 4 is 29.0 Å². The van der Waals surface area contributed by atoms with Crippen LogP contribution in [0.15, 0.2) is 60.7 Å². The van der Waals surface area contributed by atoms with Gasteiger partial charge in [0.25, 0.3) is 5.91 Å². The summed E-state index contributed by atoms with van der Waals surface area (Å²) >= 11 is 0. The molecule has 0 bridgehead atoms. The number of nitrogens with one attached hydrogen (secondary N) is 2. The second-order valence-corrected chi connectivity index (χ2v) is 11.5. The predicted octanol–water partition coefficient (Wildman–Crippen LogP) is 7.28. The van der Waals surface area contributed by atoms with Gasteiger partial charge in [-0.15, -0.1) is 0 Å². The summed E-state index contributed by atoms with van der Waals surface area (Å²) in [6, 6.07) is 17.8. The third-order valence-corrected chi connectivity index (χ3v) is 7.83. The van der Waals surface area contributed by atoms with Crippen LogP contribution in [0, 0.1) is 0 Å². The van der Waals surface area contributed by atoms with Gasteiger partial charge in [0, 0.05) is 29.3 Å². The third kappa shape index (κ3) is 7.75. The molecule has 3 aromatic carbocycles. The standard InChI is InChI=1S/C34H42N2O5/c1-9-33(4,5)24-13-18-30(28(19-24)34(6,7)10-2)41-21-31(38)36-25-14-17-27(29(20-25)35-22(3)37)32(39)23-11-15-26(40-8)16-12-23/h11-20H,9-10,21H2,1-8H3,(H,35,37)(H,36,38). The van der Waals surface area contributed by atoms with Gasteiger partial charge in [-0.1, -0.05) is 53.7 Å². The molecule has 41 heavy (non-hydrogen) atoms. The number of benzene rings is 3. The van der Waals surface area contributed by atoms with Crippen LogP contribution in [0.3, 0.4) is 0 Å². The zero-order chi connectivity index (χ0) is 30.4. The van der Waals surface area contributed by atoms with Gasteiger partial charge in [0.05, 0.1) is 12.8 Å². The van der Waals surface area contributed by atoms with Crippen molar-refractivity contribution in [1.29, 1.82) is 0 Å². The molecule has 0 radical (unpaired) electrons. The Morgan fingerprint density at radius 3 is 2.05 bits per heavy atom. The summed E-state index contributed by atoms with van der Waals surface area (Å²) in [5.74, 6) is 0.364. The van der Waals surface area contributed by atoms with Gasteiger partial charge in [0.2, 0.25) is 5.91 Å². The number of hydrogen-bond acceptors (Lipinski definition) is 5. The summed E-state index contributed by atoms with van der Waals surface area (Å²) < 4.78 is 11.2. The smallest absolute Gasteiger partial charge is 0.262 e. The molecule has 7 heteroatoms. The molecule has 0 aliphatic rings. The minimum Gasteiger partial charge on any atom is -0.497 e. The molecule has 2 N–H and O–H groups in total. The molecular formula is C34H42N2O5. The van der Waals surface area contributed by atoms with E-state index >= 15 is 0 Å². The Hall–Kier alpha value is -4.13. The Morgan fingerprint density at radius 2 is 1.46 bits per heavy atom. The quantitative estimate of drug-likeness (QED) is 0.228. The lowest BCUT2D eigenvalue weighted by molar-refractivity contribution is -0.118. The number of carbonyl (C=O) groups is 3. The normalized spacial score (nSPS) is 11.5. The van der Waals surface area contributed by atoms with Crippen molar-refractivity contribution in [2.45, 2.75) is 72.1 Å². The number of anilines is 2. The van der Waals surface area contributed by atoms with Gasteiger partial charge in [0.15, 0.2) is 12.4 Å². The van der Waals surface area contributed by atoms with Crippen LogP contribution in [0.2, 0.25) is 0 Å². The summed E-state index contributed by atoms with van der Waals surface area (Å²) in [6.07, 6.45) is 1.92. The average molecular weight is 559 g/mol. The Labute approximate surface area is 243 Å². The van der Waals surface area contributed by atoms with Gasteiger partial charge < -0.3 is 20.1 Å². The second-order valence-electron chi connectivity index (χ2n) is 11.5. The molecule has 0 aromatic heterocycles. The van der Waals surface area contributed by atoms with E-state index in [4.69, 9.17) is 9.47 Å². The number of amides is 2. The van der Waals surface area contributed by atoms with Crippen LogP contribution >= 0.6 is 0 Å². The van der Waals surface area contributed by atoms with Gasteiger partial charge in [-0.3, -0.25) is 14.4 Å². The molecule has 3 aromatic rings. The zero-order valence-electron chi connectivity index (χ0n) is 25.4. The summed E-state index contributed by atoms with van der Waals surface area (Å²) in [5, 5.41) is 5.52. The lowest BCUT2D eigenvalue weighted by atomic mass is 9.76. The SMILES string of the molecule is CCC(C)(C)c1ccc(OCC(=O)Nc2ccc(C(=O)c3ccc(OC)cc3)c(NC(C)=O)c2)c(C(C)(C)CC)c1. The number of carbonyl (C=O) groups excluding carboxylic acids is 3. The fourth-order valence-electron chi connectivity index (χ4n) is 4.35. The molecule has 0 saturated carbocycles. The third-order valence-electron chi connectivity index (χ3n) is 7.83. The van der Waals surface area contributed by atoms with Gasteiger partial charge >= 0.3 is 0 Å². The number of rotatable bonds is 12. The van der Waals surface area contributed by atoms with Crippen LogP contribution in [0.4, 0.5) is 11.4 Å². The van der Waals surface area contributed by atoms with Crippen molar-refractivity contribution in [2.24, 2.45) is 0 Å². The topological polar surface area (TPSA) is 93.7 Å². The molecule has 0 atom stereocenters. The molecule has 2 amide bonds. The number of ketones is 1. The maximum absolute atomic E-state index is 13.2. The molecule has 7 nitrogen and oxygen atoms in total. The Balaban J connectivity index is 1.80. The Bertz CT molecular complexity index is 1410. The van der Waals surface area contributed by atoms with Crippen molar-refractivity contribution in [3.63, 3.8) is 0 Å². The van der Waals surface area contributed by atoms with Crippen LogP contribution in [0.25, 0.3) is 0 Å². The highest BCUT2D eigenvalue weighted by molar-refractivity contribution is 6.14. The van der Waals surface area contributed by atoms with E-state index < -0.39 is 0 Å². The molecule has 0 spiro atoms. The van der Waals surface area contributed by atoms with E-state index in [9.17, 15) is 14.4 Å². The summed E-state index contributed by atoms with van der Waals surface area (Å²) in [5.41, 5.74) is 3.69. The van der Waals surface area contributed by atoms with E-state index in [-0.39, 0.29) is 35.0 Å². The molecular weight excluding hydrogens is 516 g/mol. The van der Waals surface area contributed by atoms with E-state index in [0.717, 1.165) is 18.4 Å². The highest BCUT2D eigenvalue weighted by Gasteiger charge is 2.27. The van der Waals surface area contributed by atoms with E-state index in [1.54, 1.807) is 49.6 Å². The lowest BCUT2D eigenvalue weighted by Gasteiger charge is -2.30. The monoisotopic (exact) mass is 558 g/mol. The molecule has 0 aliphatic carbocycles. The fraction of sp³-hybridized carbons (Fsp3) is 0.382. The van der Waals surface area contributed by atoms with Gasteiger partial charge in [-0.2, -0.15) is 0 Å². The van der Waals surface area contributed by atoms with Gasteiger partial charge in [-0.25, -0.2) is 0 Å². The predicted molar refractivity (Wildman–Crippen MR) is 164 cm³/mol. The second kappa shape index (κ2) is 13.0. The molecule has 0 fully saturated rings. The zero-order valence-corrected chi connectivity index (χ0v) is 25.4. The minimum atomic E-state index is -0.355. The molecule has 218 valence electrons. The summed E-state index contributed by atoms with van der Waals surface area (Å²) in [4.78, 5) is 38.0. The largest absolute Gasteiger partial charge is 0.497 e. The summed E-state index contributed by atoms with van der Waals surface area (Å²) in [6.45, 7) is 14.3.